The summed E-state index contributed by atoms with van der Waals surface area (Å²) in [5.41, 5.74) is -4.00. The van der Waals surface area contributed by atoms with Crippen LogP contribution in [0.1, 0.15) is 91.5 Å². The molecule has 5 aliphatic rings. The molecular formula is C42H53F4N5O11S. The van der Waals surface area contributed by atoms with Crippen LogP contribution in [0.25, 0.3) is 10.8 Å². The number of rotatable bonds is 9. The molecule has 346 valence electrons. The smallest absolute Gasteiger partial charge is 0.427 e. The summed E-state index contributed by atoms with van der Waals surface area (Å²) in [6, 6.07) is -0.497. The van der Waals surface area contributed by atoms with Gasteiger partial charge in [0.15, 0.2) is 11.6 Å². The maximum Gasteiger partial charge on any atom is 0.427 e. The molecule has 3 aliphatic heterocycles. The van der Waals surface area contributed by atoms with Crippen LogP contribution in [0.4, 0.5) is 22.4 Å². The van der Waals surface area contributed by atoms with E-state index in [0.717, 1.165) is 4.90 Å². The lowest BCUT2D eigenvalue weighted by atomic mass is 10.0. The van der Waals surface area contributed by atoms with E-state index in [1.807, 2.05) is 0 Å². The number of hydrogen-bond acceptors (Lipinski definition) is 12. The minimum Gasteiger partial charge on any atom is -0.494 e. The SMILES string of the molecule is CCC1OC(C)CCC=CC2CC2(C(=O)NS(=O)(=O)C2(C)CC2)NC(=O)C2CC(Oc3nc4c(c5cc(OC)c(F)cc35)CCCO4)CN2C(=O)C1NC(=O)OC(C)(C)C(F)(F)F. The highest BCUT2D eigenvalue weighted by Gasteiger charge is 2.63. The van der Waals surface area contributed by atoms with E-state index in [2.05, 4.69) is 20.3 Å². The van der Waals surface area contributed by atoms with E-state index in [9.17, 15) is 40.8 Å². The predicted octanol–water partition coefficient (Wildman–Crippen LogP) is 4.90. The summed E-state index contributed by atoms with van der Waals surface area (Å²) >= 11 is 0. The van der Waals surface area contributed by atoms with Crippen molar-refractivity contribution in [3.8, 4) is 17.5 Å². The van der Waals surface area contributed by atoms with Crippen molar-refractivity contribution >= 4 is 44.6 Å². The van der Waals surface area contributed by atoms with Gasteiger partial charge in [0.05, 0.1) is 37.2 Å². The van der Waals surface area contributed by atoms with Gasteiger partial charge in [-0.15, -0.1) is 0 Å². The molecule has 1 aromatic heterocycles. The van der Waals surface area contributed by atoms with E-state index in [1.54, 1.807) is 26.0 Å². The van der Waals surface area contributed by atoms with Gasteiger partial charge in [0.2, 0.25) is 39.2 Å². The second-order valence-electron chi connectivity index (χ2n) is 17.7. The van der Waals surface area contributed by atoms with E-state index >= 15 is 4.39 Å². The number of alkyl halides is 3. The molecule has 4 heterocycles. The molecule has 16 nitrogen and oxygen atoms in total. The van der Waals surface area contributed by atoms with Crippen LogP contribution in [-0.2, 0) is 40.3 Å². The van der Waals surface area contributed by atoms with Crippen molar-refractivity contribution in [1.82, 2.24) is 25.2 Å². The van der Waals surface area contributed by atoms with E-state index in [-0.39, 0.29) is 48.7 Å². The number of pyridine rings is 1. The van der Waals surface area contributed by atoms with Crippen molar-refractivity contribution in [3.05, 3.63) is 35.7 Å². The van der Waals surface area contributed by atoms with Crippen LogP contribution in [0.15, 0.2) is 24.3 Å². The second kappa shape index (κ2) is 16.9. The molecule has 63 heavy (non-hydrogen) atoms. The number of hydrogen-bond donors (Lipinski definition) is 3. The minimum atomic E-state index is -4.98. The molecule has 1 aromatic carbocycles. The molecule has 2 aromatic rings. The van der Waals surface area contributed by atoms with Crippen LogP contribution in [0, 0.1) is 11.7 Å². The van der Waals surface area contributed by atoms with Gasteiger partial charge >= 0.3 is 12.3 Å². The highest BCUT2D eigenvalue weighted by atomic mass is 32.2. The number of methoxy groups -OCH3 is 1. The molecule has 0 spiro atoms. The summed E-state index contributed by atoms with van der Waals surface area (Å²) in [6.07, 6.45) is -3.36. The average molecular weight is 912 g/mol. The Bertz CT molecular complexity index is 2310. The minimum absolute atomic E-state index is 0.0307. The summed E-state index contributed by atoms with van der Waals surface area (Å²) in [7, 11) is -2.82. The Labute approximate surface area is 362 Å². The third-order valence-electron chi connectivity index (χ3n) is 12.7. The number of carbonyl (C=O) groups is 4. The number of aryl methyl sites for hydroxylation is 1. The summed E-state index contributed by atoms with van der Waals surface area (Å²) in [6.45, 7) is 6.14. The van der Waals surface area contributed by atoms with Gasteiger partial charge in [0.25, 0.3) is 5.91 Å². The largest absolute Gasteiger partial charge is 0.494 e. The Morgan fingerprint density at radius 1 is 1.14 bits per heavy atom. The number of nitrogens with zero attached hydrogens (tertiary/aromatic N) is 2. The van der Waals surface area contributed by atoms with Crippen molar-refractivity contribution < 1.29 is 68.8 Å². The van der Waals surface area contributed by atoms with Crippen LogP contribution < -0.4 is 29.6 Å². The Hall–Kier alpha value is -4.92. The molecule has 0 radical (unpaired) electrons. The number of fused-ring (bicyclic) bond motifs is 5. The Morgan fingerprint density at radius 3 is 2.54 bits per heavy atom. The van der Waals surface area contributed by atoms with Crippen molar-refractivity contribution in [2.24, 2.45) is 5.92 Å². The van der Waals surface area contributed by atoms with E-state index in [4.69, 9.17) is 23.7 Å². The number of amides is 4. The summed E-state index contributed by atoms with van der Waals surface area (Å²) in [5, 5.41) is 5.82. The highest BCUT2D eigenvalue weighted by molar-refractivity contribution is 7.91. The standard InChI is InChI=1S/C42H53F4N5O11S/c1-7-30-32(47-38(55)62-39(3,4)42(44,45)46)36(53)51-21-24(61-35-27-18-28(43)31(58-6)19-26(27)25-13-10-16-59-34(25)48-35)17-29(51)33(52)49-41(20-23(41)12-9-8-11-22(2)60-30)37(54)50-63(56,57)40(5)14-15-40/h9,12,18-19,22-24,29-30,32H,7-8,10-11,13-17,20-21H2,1-6H3,(H,47,55)(H,49,52)(H,50,54). The van der Waals surface area contributed by atoms with Gasteiger partial charge in [0.1, 0.15) is 23.7 Å². The first kappa shape index (κ1) is 46.1. The number of benzene rings is 1. The lowest BCUT2D eigenvalue weighted by molar-refractivity contribution is -0.244. The van der Waals surface area contributed by atoms with Crippen molar-refractivity contribution in [2.45, 2.75) is 145 Å². The zero-order valence-corrected chi connectivity index (χ0v) is 36.7. The third kappa shape index (κ3) is 9.08. The Morgan fingerprint density at radius 2 is 1.87 bits per heavy atom. The summed E-state index contributed by atoms with van der Waals surface area (Å²) in [5.74, 6) is -4.03. The first-order valence-electron chi connectivity index (χ1n) is 21.1. The molecule has 3 fully saturated rings. The molecule has 2 saturated carbocycles. The number of sulfonamides is 1. The lowest BCUT2D eigenvalue weighted by Crippen LogP contribution is -2.61. The van der Waals surface area contributed by atoms with Gasteiger partial charge in [-0.05, 0) is 96.6 Å². The summed E-state index contributed by atoms with van der Waals surface area (Å²) < 4.78 is 113. The van der Waals surface area contributed by atoms with Crippen LogP contribution in [0.3, 0.4) is 0 Å². The molecule has 4 amide bonds. The van der Waals surface area contributed by atoms with Crippen molar-refractivity contribution in [1.29, 1.82) is 0 Å². The van der Waals surface area contributed by atoms with Crippen LogP contribution in [0.2, 0.25) is 0 Å². The van der Waals surface area contributed by atoms with Gasteiger partial charge in [-0.1, -0.05) is 19.1 Å². The average Bonchev–Trinajstić information content (AvgIpc) is 4.09. The number of halogens is 4. The molecule has 7 atom stereocenters. The highest BCUT2D eigenvalue weighted by Crippen LogP contribution is 2.48. The van der Waals surface area contributed by atoms with Gasteiger partial charge in [-0.2, -0.15) is 18.2 Å². The number of alkyl carbamates (subject to hydrolysis) is 1. The zero-order valence-electron chi connectivity index (χ0n) is 35.9. The molecule has 2 aliphatic carbocycles. The van der Waals surface area contributed by atoms with Gasteiger partial charge in [-0.25, -0.2) is 17.6 Å². The van der Waals surface area contributed by atoms with Gasteiger partial charge < -0.3 is 39.2 Å². The molecule has 7 unspecified atom stereocenters. The van der Waals surface area contributed by atoms with Gasteiger partial charge in [0, 0.05) is 23.3 Å². The van der Waals surface area contributed by atoms with E-state index < -0.39 is 98.0 Å². The normalized spacial score (nSPS) is 28.5. The predicted molar refractivity (Wildman–Crippen MR) is 217 cm³/mol. The summed E-state index contributed by atoms with van der Waals surface area (Å²) in [4.78, 5) is 62.6. The fourth-order valence-corrected chi connectivity index (χ4v) is 9.56. The molecule has 3 N–H and O–H groups in total. The van der Waals surface area contributed by atoms with E-state index in [0.29, 0.717) is 69.9 Å². The fourth-order valence-electron chi connectivity index (χ4n) is 8.25. The number of nitrogens with one attached hydrogen (secondary N) is 3. The van der Waals surface area contributed by atoms with Crippen molar-refractivity contribution in [2.75, 3.05) is 20.3 Å². The number of allylic oxidation sites excluding steroid dienone is 1. The monoisotopic (exact) mass is 911 g/mol. The van der Waals surface area contributed by atoms with Crippen LogP contribution in [-0.4, -0.2) is 115 Å². The second-order valence-corrected chi connectivity index (χ2v) is 19.9. The number of aromatic nitrogens is 1. The quantitative estimate of drug-likeness (QED) is 0.228. The Kier molecular flexibility index (Phi) is 12.4. The molecule has 1 saturated heterocycles. The zero-order chi connectivity index (χ0) is 45.9. The first-order chi connectivity index (χ1) is 29.5. The first-order valence-corrected chi connectivity index (χ1v) is 22.6. The van der Waals surface area contributed by atoms with Gasteiger partial charge in [-0.3, -0.25) is 19.1 Å². The maximum atomic E-state index is 15.3. The van der Waals surface area contributed by atoms with Crippen LogP contribution in [0.5, 0.6) is 17.5 Å². The topological polar surface area (TPSA) is 201 Å². The molecule has 21 heteroatoms. The van der Waals surface area contributed by atoms with E-state index in [1.165, 1.54) is 26.2 Å². The lowest BCUT2D eigenvalue weighted by Gasteiger charge is -2.35. The third-order valence-corrected chi connectivity index (χ3v) is 14.9. The molecule has 7 rings (SSSR count). The molecule has 0 bridgehead atoms. The molecular weight excluding hydrogens is 859 g/mol. The van der Waals surface area contributed by atoms with Crippen LogP contribution >= 0.6 is 0 Å². The Balaban J connectivity index is 1.27. The van der Waals surface area contributed by atoms with Crippen molar-refractivity contribution in [3.63, 3.8) is 0 Å². The number of ether oxygens (including phenoxy) is 5. The number of carbonyl (C=O) groups excluding carboxylic acids is 4. The maximum absolute atomic E-state index is 15.3. The fraction of sp³-hybridized carbons (Fsp3) is 0.643.